The first-order chi connectivity index (χ1) is 9.76. The molecule has 0 saturated carbocycles. The van der Waals surface area contributed by atoms with Gasteiger partial charge in [-0.2, -0.15) is 0 Å². The smallest absolute Gasteiger partial charge is 0.251 e. The van der Waals surface area contributed by atoms with Crippen LogP contribution in [0.15, 0.2) is 18.2 Å². The van der Waals surface area contributed by atoms with Gasteiger partial charge in [-0.15, -0.1) is 0 Å². The fourth-order valence-corrected chi connectivity index (χ4v) is 2.76. The van der Waals surface area contributed by atoms with Gasteiger partial charge in [0.1, 0.15) is 0 Å². The number of unbranched alkanes of at least 4 members (excludes halogenated alkanes) is 1. The van der Waals surface area contributed by atoms with Gasteiger partial charge in [0.05, 0.1) is 0 Å². The molecule has 0 fully saturated rings. The number of fused-ring (bicyclic) bond motifs is 1. The molecule has 1 unspecified atom stereocenters. The van der Waals surface area contributed by atoms with Gasteiger partial charge >= 0.3 is 0 Å². The fourth-order valence-electron chi connectivity index (χ4n) is 2.76. The average molecular weight is 274 g/mol. The van der Waals surface area contributed by atoms with E-state index in [0.717, 1.165) is 37.9 Å². The molecule has 1 heterocycles. The normalized spacial score (nSPS) is 15.6. The highest BCUT2D eigenvalue weighted by Gasteiger charge is 2.19. The van der Waals surface area contributed by atoms with Gasteiger partial charge in [-0.1, -0.05) is 38.8 Å². The molecule has 1 aromatic rings. The van der Waals surface area contributed by atoms with E-state index in [1.54, 1.807) is 0 Å². The average Bonchev–Trinajstić information content (AvgIpc) is 2.48. The number of amides is 1. The minimum absolute atomic E-state index is 0.0813. The van der Waals surface area contributed by atoms with Crippen molar-refractivity contribution in [1.82, 2.24) is 10.6 Å². The lowest BCUT2D eigenvalue weighted by Crippen LogP contribution is -2.32. The van der Waals surface area contributed by atoms with Gasteiger partial charge in [0.25, 0.3) is 5.91 Å². The minimum Gasteiger partial charge on any atom is -0.352 e. The third-order valence-corrected chi connectivity index (χ3v) is 3.95. The quantitative estimate of drug-likeness (QED) is 0.801. The summed E-state index contributed by atoms with van der Waals surface area (Å²) in [5, 5.41) is 6.54. The van der Waals surface area contributed by atoms with E-state index >= 15 is 0 Å². The van der Waals surface area contributed by atoms with Crippen molar-refractivity contribution >= 4 is 5.91 Å². The summed E-state index contributed by atoms with van der Waals surface area (Å²) >= 11 is 0. The lowest BCUT2D eigenvalue weighted by molar-refractivity contribution is 0.0946. The molecule has 0 radical (unpaired) electrons. The van der Waals surface area contributed by atoms with Gasteiger partial charge in [-0.3, -0.25) is 4.79 Å². The molecule has 2 N–H and O–H groups in total. The van der Waals surface area contributed by atoms with Crippen LogP contribution in [0.2, 0.25) is 0 Å². The zero-order valence-electron chi connectivity index (χ0n) is 12.7. The van der Waals surface area contributed by atoms with E-state index in [2.05, 4.69) is 42.7 Å². The number of benzene rings is 1. The standard InChI is InChI=1S/C17H26N2O/c1-3-5-6-16(18-10-4-2)14-8-7-13-9-11-19-17(20)15(13)12-14/h7-8,12,16,18H,3-6,9-11H2,1-2H3,(H,19,20). The Balaban J connectivity index is 2.19. The molecule has 110 valence electrons. The summed E-state index contributed by atoms with van der Waals surface area (Å²) in [4.78, 5) is 12.0. The van der Waals surface area contributed by atoms with Crippen molar-refractivity contribution < 1.29 is 4.79 Å². The Morgan fingerprint density at radius 1 is 1.30 bits per heavy atom. The molecular weight excluding hydrogens is 248 g/mol. The second-order valence-electron chi connectivity index (χ2n) is 5.57. The van der Waals surface area contributed by atoms with Crippen LogP contribution in [0.3, 0.4) is 0 Å². The van der Waals surface area contributed by atoms with Crippen molar-refractivity contribution in [2.24, 2.45) is 0 Å². The molecule has 3 nitrogen and oxygen atoms in total. The van der Waals surface area contributed by atoms with E-state index in [1.165, 1.54) is 24.0 Å². The second-order valence-corrected chi connectivity index (χ2v) is 5.57. The molecule has 0 bridgehead atoms. The van der Waals surface area contributed by atoms with Crippen LogP contribution in [0.4, 0.5) is 0 Å². The van der Waals surface area contributed by atoms with Crippen LogP contribution in [0.1, 0.15) is 67.1 Å². The molecule has 0 aromatic heterocycles. The van der Waals surface area contributed by atoms with Gasteiger partial charge in [0, 0.05) is 18.2 Å². The van der Waals surface area contributed by atoms with E-state index in [1.807, 2.05) is 0 Å². The monoisotopic (exact) mass is 274 g/mol. The predicted octanol–water partition coefficient (Wildman–Crippen LogP) is 3.20. The van der Waals surface area contributed by atoms with Gasteiger partial charge < -0.3 is 10.6 Å². The highest BCUT2D eigenvalue weighted by molar-refractivity contribution is 5.96. The lowest BCUT2D eigenvalue weighted by atomic mass is 9.93. The lowest BCUT2D eigenvalue weighted by Gasteiger charge is -2.22. The Morgan fingerprint density at radius 3 is 2.90 bits per heavy atom. The first kappa shape index (κ1) is 15.0. The van der Waals surface area contributed by atoms with Crippen molar-refractivity contribution in [3.05, 3.63) is 34.9 Å². The highest BCUT2D eigenvalue weighted by Crippen LogP contribution is 2.24. The van der Waals surface area contributed by atoms with Crippen LogP contribution >= 0.6 is 0 Å². The number of nitrogens with one attached hydrogen (secondary N) is 2. The van der Waals surface area contributed by atoms with Crippen molar-refractivity contribution in [2.45, 2.75) is 52.0 Å². The van der Waals surface area contributed by atoms with Gasteiger partial charge in [-0.25, -0.2) is 0 Å². The Bertz CT molecular complexity index is 448. The largest absolute Gasteiger partial charge is 0.352 e. The second kappa shape index (κ2) is 7.44. The Hall–Kier alpha value is -1.35. The maximum Gasteiger partial charge on any atom is 0.251 e. The highest BCUT2D eigenvalue weighted by atomic mass is 16.1. The Kier molecular flexibility index (Phi) is 5.60. The first-order valence-electron chi connectivity index (χ1n) is 7.90. The van der Waals surface area contributed by atoms with Crippen LogP contribution in [-0.2, 0) is 6.42 Å². The van der Waals surface area contributed by atoms with Crippen molar-refractivity contribution in [3.63, 3.8) is 0 Å². The molecule has 0 saturated heterocycles. The molecular formula is C17H26N2O. The minimum atomic E-state index is 0.0813. The molecule has 1 aliphatic heterocycles. The van der Waals surface area contributed by atoms with Crippen LogP contribution in [0.5, 0.6) is 0 Å². The molecule has 2 rings (SSSR count). The molecule has 3 heteroatoms. The molecule has 1 amide bonds. The molecule has 20 heavy (non-hydrogen) atoms. The molecule has 1 aromatic carbocycles. The van der Waals surface area contributed by atoms with Crippen molar-refractivity contribution in [1.29, 1.82) is 0 Å². The summed E-state index contributed by atoms with van der Waals surface area (Å²) in [6.45, 7) is 6.19. The van der Waals surface area contributed by atoms with Crippen molar-refractivity contribution in [2.75, 3.05) is 13.1 Å². The molecule has 0 aliphatic carbocycles. The summed E-state index contributed by atoms with van der Waals surface area (Å²) in [7, 11) is 0. The zero-order chi connectivity index (χ0) is 14.4. The van der Waals surface area contributed by atoms with E-state index in [0.29, 0.717) is 6.04 Å². The zero-order valence-corrected chi connectivity index (χ0v) is 12.7. The molecule has 0 spiro atoms. The topological polar surface area (TPSA) is 41.1 Å². The maximum atomic E-state index is 12.0. The summed E-state index contributed by atoms with van der Waals surface area (Å²) < 4.78 is 0. The van der Waals surface area contributed by atoms with E-state index in [4.69, 9.17) is 0 Å². The molecule has 1 aliphatic rings. The van der Waals surface area contributed by atoms with E-state index < -0.39 is 0 Å². The van der Waals surface area contributed by atoms with Gasteiger partial charge in [0.2, 0.25) is 0 Å². The summed E-state index contributed by atoms with van der Waals surface area (Å²) in [5.74, 6) is 0.0813. The Labute approximate surface area is 122 Å². The maximum absolute atomic E-state index is 12.0. The number of carbonyl (C=O) groups excluding carboxylic acids is 1. The SMILES string of the molecule is CCCCC(NCCC)c1ccc2c(c1)C(=O)NCC2. The van der Waals surface area contributed by atoms with Crippen LogP contribution in [0.25, 0.3) is 0 Å². The predicted molar refractivity (Wildman–Crippen MR) is 83.0 cm³/mol. The van der Waals surface area contributed by atoms with Crippen molar-refractivity contribution in [3.8, 4) is 0 Å². The number of hydrogen-bond donors (Lipinski definition) is 2. The third kappa shape index (κ3) is 3.60. The van der Waals surface area contributed by atoms with E-state index in [9.17, 15) is 4.79 Å². The van der Waals surface area contributed by atoms with Crippen LogP contribution < -0.4 is 10.6 Å². The number of carbonyl (C=O) groups is 1. The van der Waals surface area contributed by atoms with Crippen LogP contribution in [0, 0.1) is 0 Å². The van der Waals surface area contributed by atoms with Gasteiger partial charge in [0.15, 0.2) is 0 Å². The van der Waals surface area contributed by atoms with Crippen LogP contribution in [-0.4, -0.2) is 19.0 Å². The summed E-state index contributed by atoms with van der Waals surface area (Å²) in [5.41, 5.74) is 3.30. The summed E-state index contributed by atoms with van der Waals surface area (Å²) in [6.07, 6.45) is 5.63. The first-order valence-corrected chi connectivity index (χ1v) is 7.90. The third-order valence-electron chi connectivity index (χ3n) is 3.95. The summed E-state index contributed by atoms with van der Waals surface area (Å²) in [6, 6.07) is 6.79. The number of hydrogen-bond acceptors (Lipinski definition) is 2. The fraction of sp³-hybridized carbons (Fsp3) is 0.588. The Morgan fingerprint density at radius 2 is 2.15 bits per heavy atom. The van der Waals surface area contributed by atoms with Gasteiger partial charge in [-0.05, 0) is 43.0 Å². The van der Waals surface area contributed by atoms with E-state index in [-0.39, 0.29) is 5.91 Å². The molecule has 1 atom stereocenters. The number of rotatable bonds is 7.